The third-order valence-electron chi connectivity index (χ3n) is 4.86. The number of hydrogen-bond donors (Lipinski definition) is 1. The van der Waals surface area contributed by atoms with Gasteiger partial charge >= 0.3 is 0 Å². The zero-order valence-electron chi connectivity index (χ0n) is 15.8. The molecule has 2 aromatic heterocycles. The van der Waals surface area contributed by atoms with E-state index in [0.717, 1.165) is 0 Å². The highest BCUT2D eigenvalue weighted by Gasteiger charge is 2.24. The molecule has 1 fully saturated rings. The third-order valence-corrected chi connectivity index (χ3v) is 4.86. The molecule has 10 heteroatoms. The SMILES string of the molecule is CC(NC(=O)c1cc([N+](=O)[O-])ccc1N1CCOCC1)c1nnc2ccccn12. The smallest absolute Gasteiger partial charge is 0.270 e. The number of aromatic nitrogens is 3. The lowest BCUT2D eigenvalue weighted by Gasteiger charge is -2.30. The normalized spacial score (nSPS) is 15.3. The minimum atomic E-state index is -0.505. The largest absolute Gasteiger partial charge is 0.378 e. The molecule has 4 rings (SSSR count). The highest BCUT2D eigenvalue weighted by Crippen LogP contribution is 2.27. The predicted octanol–water partition coefficient (Wildman–Crippen LogP) is 1.97. The maximum Gasteiger partial charge on any atom is 0.270 e. The summed E-state index contributed by atoms with van der Waals surface area (Å²) in [6.45, 7) is 4.11. The summed E-state index contributed by atoms with van der Waals surface area (Å²) < 4.78 is 7.16. The number of hydrogen-bond acceptors (Lipinski definition) is 7. The Hall–Kier alpha value is -3.53. The molecule has 1 saturated heterocycles. The molecular weight excluding hydrogens is 376 g/mol. The molecule has 1 unspecified atom stereocenters. The van der Waals surface area contributed by atoms with Crippen LogP contribution in [-0.2, 0) is 4.74 Å². The average molecular weight is 396 g/mol. The van der Waals surface area contributed by atoms with Crippen molar-refractivity contribution in [3.05, 3.63) is 64.1 Å². The summed E-state index contributed by atoms with van der Waals surface area (Å²) in [7, 11) is 0. The van der Waals surface area contributed by atoms with Gasteiger partial charge in [-0.1, -0.05) is 6.07 Å². The summed E-state index contributed by atoms with van der Waals surface area (Å²) in [6, 6.07) is 9.43. The van der Waals surface area contributed by atoms with E-state index in [9.17, 15) is 14.9 Å². The second-order valence-electron chi connectivity index (χ2n) is 6.74. The van der Waals surface area contributed by atoms with Crippen LogP contribution in [0.25, 0.3) is 5.65 Å². The van der Waals surface area contributed by atoms with Crippen LogP contribution < -0.4 is 10.2 Å². The number of benzene rings is 1. The van der Waals surface area contributed by atoms with E-state index in [1.54, 1.807) is 17.4 Å². The van der Waals surface area contributed by atoms with Crippen LogP contribution in [0.15, 0.2) is 42.6 Å². The van der Waals surface area contributed by atoms with E-state index in [1.165, 1.54) is 12.1 Å². The van der Waals surface area contributed by atoms with Gasteiger partial charge in [0.15, 0.2) is 11.5 Å². The Balaban J connectivity index is 1.64. The van der Waals surface area contributed by atoms with Crippen LogP contribution in [0.5, 0.6) is 0 Å². The number of nitrogens with one attached hydrogen (secondary N) is 1. The molecule has 0 bridgehead atoms. The van der Waals surface area contributed by atoms with Crippen LogP contribution in [-0.4, -0.2) is 51.7 Å². The Kier molecular flexibility index (Phi) is 5.09. The van der Waals surface area contributed by atoms with Gasteiger partial charge in [0.05, 0.1) is 35.4 Å². The number of carbonyl (C=O) groups is 1. The van der Waals surface area contributed by atoms with Crippen molar-refractivity contribution < 1.29 is 14.5 Å². The first-order valence-corrected chi connectivity index (χ1v) is 9.26. The molecule has 0 spiro atoms. The van der Waals surface area contributed by atoms with Gasteiger partial charge in [-0.05, 0) is 25.1 Å². The standard InChI is InChI=1S/C19H20N6O4/c1-13(18-22-21-17-4-2-3-7-24(17)18)20-19(26)15-12-14(25(27)28)5-6-16(15)23-8-10-29-11-9-23/h2-7,12-13H,8-11H2,1H3,(H,20,26). The van der Waals surface area contributed by atoms with E-state index in [0.29, 0.717) is 43.5 Å². The van der Waals surface area contributed by atoms with E-state index >= 15 is 0 Å². The quantitative estimate of drug-likeness (QED) is 0.518. The molecule has 1 aromatic carbocycles. The number of amides is 1. The molecule has 1 amide bonds. The minimum Gasteiger partial charge on any atom is -0.378 e. The first-order valence-electron chi connectivity index (χ1n) is 9.26. The Morgan fingerprint density at radius 3 is 2.79 bits per heavy atom. The predicted molar refractivity (Wildman–Crippen MR) is 105 cm³/mol. The lowest BCUT2D eigenvalue weighted by atomic mass is 10.1. The van der Waals surface area contributed by atoms with Gasteiger partial charge in [-0.2, -0.15) is 0 Å². The molecule has 29 heavy (non-hydrogen) atoms. The van der Waals surface area contributed by atoms with Crippen molar-refractivity contribution in [1.29, 1.82) is 0 Å². The van der Waals surface area contributed by atoms with Gasteiger partial charge in [-0.3, -0.25) is 19.3 Å². The van der Waals surface area contributed by atoms with E-state index < -0.39 is 16.9 Å². The first kappa shape index (κ1) is 18.8. The first-order chi connectivity index (χ1) is 14.0. The Morgan fingerprint density at radius 2 is 2.03 bits per heavy atom. The van der Waals surface area contributed by atoms with E-state index in [-0.39, 0.29) is 11.3 Å². The molecule has 1 aliphatic heterocycles. The fourth-order valence-electron chi connectivity index (χ4n) is 3.39. The van der Waals surface area contributed by atoms with Gasteiger partial charge in [0.2, 0.25) is 0 Å². The summed E-state index contributed by atoms with van der Waals surface area (Å²) >= 11 is 0. The van der Waals surface area contributed by atoms with Crippen LogP contribution in [0.2, 0.25) is 0 Å². The van der Waals surface area contributed by atoms with Crippen molar-refractivity contribution in [2.75, 3.05) is 31.2 Å². The number of anilines is 1. The number of ether oxygens (including phenoxy) is 1. The Labute approximate surface area is 166 Å². The number of nitro benzene ring substituents is 1. The van der Waals surface area contributed by atoms with Crippen molar-refractivity contribution in [1.82, 2.24) is 19.9 Å². The number of nitro groups is 1. The fourth-order valence-corrected chi connectivity index (χ4v) is 3.39. The van der Waals surface area contributed by atoms with Gasteiger partial charge in [-0.15, -0.1) is 10.2 Å². The van der Waals surface area contributed by atoms with Crippen molar-refractivity contribution >= 4 is 22.9 Å². The maximum atomic E-state index is 13.1. The van der Waals surface area contributed by atoms with Crippen LogP contribution in [0.1, 0.15) is 29.1 Å². The molecule has 3 heterocycles. The van der Waals surface area contributed by atoms with Crippen molar-refractivity contribution in [2.45, 2.75) is 13.0 Å². The number of carbonyl (C=O) groups excluding carboxylic acids is 1. The average Bonchev–Trinajstić information content (AvgIpc) is 3.18. The molecule has 0 aliphatic carbocycles. The summed E-state index contributed by atoms with van der Waals surface area (Å²) in [6.07, 6.45) is 1.82. The second kappa shape index (κ2) is 7.84. The van der Waals surface area contributed by atoms with Gasteiger partial charge in [0.1, 0.15) is 0 Å². The number of morpholine rings is 1. The van der Waals surface area contributed by atoms with Crippen LogP contribution in [0, 0.1) is 10.1 Å². The minimum absolute atomic E-state index is 0.132. The van der Waals surface area contributed by atoms with Gasteiger partial charge < -0.3 is 15.0 Å². The molecule has 1 atom stereocenters. The topological polar surface area (TPSA) is 115 Å². The molecule has 0 radical (unpaired) electrons. The summed E-state index contributed by atoms with van der Waals surface area (Å²) in [5, 5.41) is 22.4. The number of rotatable bonds is 5. The number of nitrogens with zero attached hydrogens (tertiary/aromatic N) is 5. The monoisotopic (exact) mass is 396 g/mol. The highest BCUT2D eigenvalue weighted by molar-refractivity contribution is 6.00. The molecule has 1 N–H and O–H groups in total. The number of fused-ring (bicyclic) bond motifs is 1. The Bertz CT molecular complexity index is 1060. The maximum absolute atomic E-state index is 13.1. The van der Waals surface area contributed by atoms with Gasteiger partial charge in [-0.25, -0.2) is 0 Å². The van der Waals surface area contributed by atoms with Gasteiger partial charge in [0.25, 0.3) is 11.6 Å². The van der Waals surface area contributed by atoms with Crippen molar-refractivity contribution in [3.8, 4) is 0 Å². The van der Waals surface area contributed by atoms with Crippen LogP contribution >= 0.6 is 0 Å². The zero-order valence-corrected chi connectivity index (χ0v) is 15.8. The molecule has 1 aliphatic rings. The summed E-state index contributed by atoms with van der Waals surface area (Å²) in [5.41, 5.74) is 1.44. The fraction of sp³-hybridized carbons (Fsp3) is 0.316. The Morgan fingerprint density at radius 1 is 1.24 bits per heavy atom. The number of non-ortho nitro benzene ring substituents is 1. The lowest BCUT2D eigenvalue weighted by molar-refractivity contribution is -0.384. The molecular formula is C19H20N6O4. The second-order valence-corrected chi connectivity index (χ2v) is 6.74. The summed E-state index contributed by atoms with van der Waals surface area (Å²) in [4.78, 5) is 25.8. The van der Waals surface area contributed by atoms with E-state index in [4.69, 9.17) is 4.74 Å². The van der Waals surface area contributed by atoms with Crippen LogP contribution in [0.4, 0.5) is 11.4 Å². The van der Waals surface area contributed by atoms with E-state index in [2.05, 4.69) is 15.5 Å². The molecule has 10 nitrogen and oxygen atoms in total. The van der Waals surface area contributed by atoms with Crippen LogP contribution in [0.3, 0.4) is 0 Å². The highest BCUT2D eigenvalue weighted by atomic mass is 16.6. The van der Waals surface area contributed by atoms with Crippen molar-refractivity contribution in [3.63, 3.8) is 0 Å². The molecule has 0 saturated carbocycles. The molecule has 150 valence electrons. The van der Waals surface area contributed by atoms with E-state index in [1.807, 2.05) is 29.3 Å². The number of pyridine rings is 1. The van der Waals surface area contributed by atoms with Gasteiger partial charge in [0, 0.05) is 31.4 Å². The van der Waals surface area contributed by atoms with Crippen molar-refractivity contribution in [2.24, 2.45) is 0 Å². The lowest BCUT2D eigenvalue weighted by Crippen LogP contribution is -2.38. The zero-order chi connectivity index (χ0) is 20.4. The molecule has 3 aromatic rings. The summed E-state index contributed by atoms with van der Waals surface area (Å²) in [5.74, 6) is 0.169. The third kappa shape index (κ3) is 3.74.